The molecule has 3 heteroatoms. The van der Waals surface area contributed by atoms with Gasteiger partial charge in [-0.2, -0.15) is 0 Å². The number of benzene rings is 2. The van der Waals surface area contributed by atoms with Crippen molar-refractivity contribution >= 4 is 22.4 Å². The Morgan fingerprint density at radius 1 is 1.07 bits per heavy atom. The molecule has 3 nitrogen and oxygen atoms in total. The lowest BCUT2D eigenvalue weighted by Crippen LogP contribution is -2.26. The fourth-order valence-electron chi connectivity index (χ4n) is 1.43. The summed E-state index contributed by atoms with van der Waals surface area (Å²) in [6.07, 6.45) is 0. The molecule has 0 aliphatic heterocycles. The van der Waals surface area contributed by atoms with Gasteiger partial charge in [0.05, 0.1) is 5.69 Å². The summed E-state index contributed by atoms with van der Waals surface area (Å²) < 4.78 is 0. The van der Waals surface area contributed by atoms with Crippen LogP contribution in [0.2, 0.25) is 0 Å². The van der Waals surface area contributed by atoms with Crippen molar-refractivity contribution in [3.05, 3.63) is 42.5 Å². The van der Waals surface area contributed by atoms with E-state index in [1.165, 1.54) is 12.3 Å². The minimum Gasteiger partial charge on any atom is -0.299 e. The zero-order valence-electron chi connectivity index (χ0n) is 8.45. The van der Waals surface area contributed by atoms with E-state index in [1.807, 2.05) is 36.4 Å². The van der Waals surface area contributed by atoms with Crippen LogP contribution in [0.1, 0.15) is 6.92 Å². The summed E-state index contributed by atoms with van der Waals surface area (Å²) in [5.41, 5.74) is 6.25. The minimum atomic E-state index is -0.108. The first-order valence-electron chi connectivity index (χ1n) is 4.77. The molecule has 0 bridgehead atoms. The van der Waals surface area contributed by atoms with Crippen LogP contribution < -0.4 is 10.9 Å². The Labute approximate surface area is 88.1 Å². The molecule has 0 spiro atoms. The Bertz CT molecular complexity index is 494. The Balaban J connectivity index is 2.26. The number of amides is 1. The summed E-state index contributed by atoms with van der Waals surface area (Å²) >= 11 is 0. The molecule has 0 radical (unpaired) electrons. The topological polar surface area (TPSA) is 41.1 Å². The second-order valence-electron chi connectivity index (χ2n) is 3.37. The van der Waals surface area contributed by atoms with Crippen molar-refractivity contribution in [3.8, 4) is 0 Å². The third-order valence-corrected chi connectivity index (χ3v) is 2.13. The highest BCUT2D eigenvalue weighted by Gasteiger charge is 1.95. The van der Waals surface area contributed by atoms with Gasteiger partial charge in [0, 0.05) is 6.92 Å². The third-order valence-electron chi connectivity index (χ3n) is 2.13. The standard InChI is InChI=1S/C12H12N2O/c1-9(15)13-14-12-7-6-10-4-2-3-5-11(10)8-12/h2-8,14H,1H3,(H,13,15). The number of nitrogens with one attached hydrogen (secondary N) is 2. The van der Waals surface area contributed by atoms with E-state index in [0.717, 1.165) is 11.1 Å². The van der Waals surface area contributed by atoms with Gasteiger partial charge in [-0.15, -0.1) is 0 Å². The quantitative estimate of drug-likeness (QED) is 0.730. The number of fused-ring (bicyclic) bond motifs is 1. The molecule has 0 aliphatic carbocycles. The summed E-state index contributed by atoms with van der Waals surface area (Å²) in [5, 5.41) is 2.33. The highest BCUT2D eigenvalue weighted by Crippen LogP contribution is 2.17. The number of hydrazine groups is 1. The van der Waals surface area contributed by atoms with Gasteiger partial charge >= 0.3 is 0 Å². The second-order valence-corrected chi connectivity index (χ2v) is 3.37. The lowest BCUT2D eigenvalue weighted by atomic mass is 10.1. The van der Waals surface area contributed by atoms with E-state index in [9.17, 15) is 4.79 Å². The number of rotatable bonds is 2. The first-order valence-corrected chi connectivity index (χ1v) is 4.77. The summed E-state index contributed by atoms with van der Waals surface area (Å²) in [4.78, 5) is 10.7. The molecule has 15 heavy (non-hydrogen) atoms. The lowest BCUT2D eigenvalue weighted by Gasteiger charge is -2.07. The maximum atomic E-state index is 10.7. The molecule has 2 rings (SSSR count). The average Bonchev–Trinajstić information content (AvgIpc) is 2.26. The monoisotopic (exact) mass is 200 g/mol. The van der Waals surface area contributed by atoms with Crippen LogP contribution in [0.4, 0.5) is 5.69 Å². The van der Waals surface area contributed by atoms with Crippen LogP contribution in [-0.4, -0.2) is 5.91 Å². The van der Waals surface area contributed by atoms with Gasteiger partial charge in [0.25, 0.3) is 0 Å². The smallest absolute Gasteiger partial charge is 0.235 e. The number of hydrogen-bond acceptors (Lipinski definition) is 2. The van der Waals surface area contributed by atoms with Gasteiger partial charge in [0.15, 0.2) is 0 Å². The molecule has 2 N–H and O–H groups in total. The van der Waals surface area contributed by atoms with E-state index in [0.29, 0.717) is 0 Å². The number of carbonyl (C=O) groups is 1. The first kappa shape index (κ1) is 9.52. The van der Waals surface area contributed by atoms with Crippen molar-refractivity contribution in [1.82, 2.24) is 5.43 Å². The molecule has 76 valence electrons. The minimum absolute atomic E-state index is 0.108. The third kappa shape index (κ3) is 2.26. The highest BCUT2D eigenvalue weighted by molar-refractivity contribution is 5.86. The molecule has 0 atom stereocenters. The van der Waals surface area contributed by atoms with Crippen molar-refractivity contribution in [2.45, 2.75) is 6.92 Å². The first-order chi connectivity index (χ1) is 7.25. The molecular weight excluding hydrogens is 188 g/mol. The molecule has 2 aromatic carbocycles. The number of anilines is 1. The van der Waals surface area contributed by atoms with Crippen LogP contribution >= 0.6 is 0 Å². The average molecular weight is 200 g/mol. The number of hydrogen-bond donors (Lipinski definition) is 2. The van der Waals surface area contributed by atoms with Crippen molar-refractivity contribution in [3.63, 3.8) is 0 Å². The Hall–Kier alpha value is -2.03. The molecule has 0 fully saturated rings. The van der Waals surface area contributed by atoms with Crippen LogP contribution in [0.5, 0.6) is 0 Å². The van der Waals surface area contributed by atoms with Crippen LogP contribution in [0, 0.1) is 0 Å². The van der Waals surface area contributed by atoms with E-state index < -0.39 is 0 Å². The van der Waals surface area contributed by atoms with Crippen molar-refractivity contribution in [1.29, 1.82) is 0 Å². The van der Waals surface area contributed by atoms with Crippen molar-refractivity contribution in [2.75, 3.05) is 5.43 Å². The molecule has 2 aromatic rings. The maximum Gasteiger partial charge on any atom is 0.235 e. The highest BCUT2D eigenvalue weighted by atomic mass is 16.2. The summed E-state index contributed by atoms with van der Waals surface area (Å²) in [7, 11) is 0. The van der Waals surface area contributed by atoms with Crippen LogP contribution in [0.3, 0.4) is 0 Å². The van der Waals surface area contributed by atoms with Crippen LogP contribution in [0.15, 0.2) is 42.5 Å². The molecule has 0 saturated heterocycles. The molecule has 0 heterocycles. The Morgan fingerprint density at radius 2 is 1.80 bits per heavy atom. The fourth-order valence-corrected chi connectivity index (χ4v) is 1.43. The van der Waals surface area contributed by atoms with Gasteiger partial charge in [0.2, 0.25) is 5.91 Å². The zero-order valence-corrected chi connectivity index (χ0v) is 8.45. The van der Waals surface area contributed by atoms with Gasteiger partial charge in [0.1, 0.15) is 0 Å². The predicted molar refractivity (Wildman–Crippen MR) is 61.4 cm³/mol. The summed E-state index contributed by atoms with van der Waals surface area (Å²) in [6.45, 7) is 1.47. The molecule has 0 aromatic heterocycles. The normalized spacial score (nSPS) is 9.93. The summed E-state index contributed by atoms with van der Waals surface area (Å²) in [6, 6.07) is 14.0. The van der Waals surface area contributed by atoms with E-state index >= 15 is 0 Å². The van der Waals surface area contributed by atoms with Gasteiger partial charge in [-0.1, -0.05) is 30.3 Å². The summed E-state index contributed by atoms with van der Waals surface area (Å²) in [5.74, 6) is -0.108. The molecule has 0 aliphatic rings. The molecule has 0 unspecified atom stereocenters. The van der Waals surface area contributed by atoms with Crippen LogP contribution in [0.25, 0.3) is 10.8 Å². The van der Waals surface area contributed by atoms with Crippen LogP contribution in [-0.2, 0) is 4.79 Å². The van der Waals surface area contributed by atoms with E-state index in [-0.39, 0.29) is 5.91 Å². The maximum absolute atomic E-state index is 10.7. The fraction of sp³-hybridized carbons (Fsp3) is 0.0833. The van der Waals surface area contributed by atoms with Gasteiger partial charge in [-0.05, 0) is 22.9 Å². The number of carbonyl (C=O) groups excluding carboxylic acids is 1. The van der Waals surface area contributed by atoms with E-state index in [1.54, 1.807) is 0 Å². The van der Waals surface area contributed by atoms with Crippen molar-refractivity contribution < 1.29 is 4.79 Å². The van der Waals surface area contributed by atoms with E-state index in [4.69, 9.17) is 0 Å². The second kappa shape index (κ2) is 4.00. The zero-order chi connectivity index (χ0) is 10.7. The Kier molecular flexibility index (Phi) is 2.54. The van der Waals surface area contributed by atoms with Crippen molar-refractivity contribution in [2.24, 2.45) is 0 Å². The largest absolute Gasteiger partial charge is 0.299 e. The van der Waals surface area contributed by atoms with Gasteiger partial charge in [-0.3, -0.25) is 15.6 Å². The molecule has 0 saturated carbocycles. The SMILES string of the molecule is CC(=O)NNc1ccc2ccccc2c1. The van der Waals surface area contributed by atoms with Gasteiger partial charge in [-0.25, -0.2) is 0 Å². The lowest BCUT2D eigenvalue weighted by molar-refractivity contribution is -0.118. The van der Waals surface area contributed by atoms with Gasteiger partial charge < -0.3 is 0 Å². The molecular formula is C12H12N2O. The van der Waals surface area contributed by atoms with E-state index in [2.05, 4.69) is 16.9 Å². The molecule has 1 amide bonds. The Morgan fingerprint density at radius 3 is 2.53 bits per heavy atom. The predicted octanol–water partition coefficient (Wildman–Crippen LogP) is 2.30.